The van der Waals surface area contributed by atoms with Gasteiger partial charge in [-0.25, -0.2) is 9.97 Å². The molecule has 2 N–H and O–H groups in total. The molecule has 8 rings (SSSR count). The summed E-state index contributed by atoms with van der Waals surface area (Å²) in [6.07, 6.45) is 4.00. The van der Waals surface area contributed by atoms with E-state index in [2.05, 4.69) is 182 Å². The molecular weight excluding hydrogens is 751 g/mol. The van der Waals surface area contributed by atoms with Gasteiger partial charge in [-0.15, -0.1) is 0 Å². The van der Waals surface area contributed by atoms with Crippen molar-refractivity contribution in [2.45, 2.75) is 52.3 Å². The van der Waals surface area contributed by atoms with E-state index in [0.717, 1.165) is 47.3 Å². The number of hydrogen-bond acceptors (Lipinski definition) is 6. The molecule has 0 aliphatic heterocycles. The number of rotatable bonds is 14. The van der Waals surface area contributed by atoms with Gasteiger partial charge in [0.15, 0.2) is 0 Å². The number of benzene rings is 6. The summed E-state index contributed by atoms with van der Waals surface area (Å²) in [5.41, 5.74) is 4.41. The monoisotopic (exact) mass is 790 g/mol. The molecule has 8 aromatic rings. The van der Waals surface area contributed by atoms with Crippen molar-refractivity contribution in [2.24, 2.45) is 0 Å². The van der Waals surface area contributed by atoms with Gasteiger partial charge in [-0.05, 0) is 72.8 Å². The summed E-state index contributed by atoms with van der Waals surface area (Å²) >= 11 is 7.08. The molecular formula is C46H40N5S4+. The third-order valence-electron chi connectivity index (χ3n) is 8.79. The molecule has 0 bridgehead atoms. The van der Waals surface area contributed by atoms with E-state index in [9.17, 15) is 0 Å². The summed E-state index contributed by atoms with van der Waals surface area (Å²) in [6, 6.07) is 55.2. The fourth-order valence-corrected chi connectivity index (χ4v) is 10.5. The van der Waals surface area contributed by atoms with Crippen LogP contribution in [0.1, 0.15) is 11.4 Å². The number of aromatic nitrogens is 4. The van der Waals surface area contributed by atoms with Crippen molar-refractivity contribution in [3.8, 4) is 22.8 Å². The van der Waals surface area contributed by atoms with Gasteiger partial charge in [0.25, 0.3) is 0 Å². The lowest BCUT2D eigenvalue weighted by atomic mass is 10.2. The zero-order chi connectivity index (χ0) is 37.5. The molecule has 0 fully saturated rings. The average molecular weight is 791 g/mol. The Hall–Kier alpha value is -4.90. The van der Waals surface area contributed by atoms with Gasteiger partial charge in [0.05, 0.1) is 37.9 Å². The Morgan fingerprint density at radius 1 is 0.400 bits per heavy atom. The number of quaternary nitrogens is 1. The SMILES string of the molecule is C[N+](C)(Cc1cnc(-c2c(Sc3ccccc3)cccc2Sc2ccccc2)[nH]1)Cc1cnc(-c2c(Sc3ccccc3)cccc2Sc2ccccc2)[nH]1. The molecule has 2 heterocycles. The number of imidazole rings is 2. The fourth-order valence-electron chi connectivity index (χ4n) is 6.40. The van der Waals surface area contributed by atoms with E-state index < -0.39 is 0 Å². The summed E-state index contributed by atoms with van der Waals surface area (Å²) < 4.78 is 0.710. The molecule has 0 atom stereocenters. The third kappa shape index (κ3) is 9.50. The average Bonchev–Trinajstić information content (AvgIpc) is 3.85. The smallest absolute Gasteiger partial charge is 0.139 e. The fraction of sp³-hybridized carbons (Fsp3) is 0.0870. The number of hydrogen-bond donors (Lipinski definition) is 2. The molecule has 0 amide bonds. The number of nitrogens with one attached hydrogen (secondary N) is 2. The van der Waals surface area contributed by atoms with Gasteiger partial charge in [-0.2, -0.15) is 0 Å². The van der Waals surface area contributed by atoms with E-state index in [4.69, 9.17) is 9.97 Å². The first kappa shape index (κ1) is 37.0. The van der Waals surface area contributed by atoms with Crippen molar-refractivity contribution >= 4 is 47.0 Å². The van der Waals surface area contributed by atoms with Crippen LogP contribution in [0, 0.1) is 0 Å². The molecule has 55 heavy (non-hydrogen) atoms. The van der Waals surface area contributed by atoms with E-state index in [1.54, 1.807) is 47.0 Å². The molecule has 2 aromatic heterocycles. The lowest BCUT2D eigenvalue weighted by molar-refractivity contribution is -0.917. The first-order valence-electron chi connectivity index (χ1n) is 18.0. The number of aromatic amines is 2. The second-order valence-corrected chi connectivity index (χ2v) is 18.1. The molecule has 0 radical (unpaired) electrons. The summed E-state index contributed by atoms with van der Waals surface area (Å²) in [7, 11) is 4.51. The highest BCUT2D eigenvalue weighted by Crippen LogP contribution is 2.44. The molecule has 272 valence electrons. The maximum Gasteiger partial charge on any atom is 0.139 e. The second kappa shape index (κ2) is 17.3. The van der Waals surface area contributed by atoms with Crippen LogP contribution in [0.5, 0.6) is 0 Å². The minimum atomic E-state index is 0.710. The van der Waals surface area contributed by atoms with E-state index in [-0.39, 0.29) is 0 Å². The molecule has 0 spiro atoms. The van der Waals surface area contributed by atoms with Crippen molar-refractivity contribution in [2.75, 3.05) is 14.1 Å². The van der Waals surface area contributed by atoms with E-state index in [0.29, 0.717) is 4.48 Å². The van der Waals surface area contributed by atoms with Crippen LogP contribution in [0.4, 0.5) is 0 Å². The van der Waals surface area contributed by atoms with Crippen molar-refractivity contribution in [1.82, 2.24) is 19.9 Å². The van der Waals surface area contributed by atoms with E-state index in [1.807, 2.05) is 12.4 Å². The lowest BCUT2D eigenvalue weighted by Crippen LogP contribution is -2.38. The largest absolute Gasteiger partial charge is 0.337 e. The van der Waals surface area contributed by atoms with Crippen LogP contribution in [-0.2, 0) is 13.1 Å². The minimum absolute atomic E-state index is 0.710. The Bertz CT molecular complexity index is 2170. The lowest BCUT2D eigenvalue weighted by Gasteiger charge is -2.28. The van der Waals surface area contributed by atoms with Crippen LogP contribution < -0.4 is 0 Å². The Morgan fingerprint density at radius 2 is 0.691 bits per heavy atom. The molecule has 0 saturated carbocycles. The van der Waals surface area contributed by atoms with Crippen molar-refractivity contribution in [3.63, 3.8) is 0 Å². The molecule has 6 aromatic carbocycles. The zero-order valence-corrected chi connectivity index (χ0v) is 33.8. The van der Waals surface area contributed by atoms with Gasteiger partial charge >= 0.3 is 0 Å². The van der Waals surface area contributed by atoms with Crippen molar-refractivity contribution < 1.29 is 4.48 Å². The number of nitrogens with zero attached hydrogens (tertiary/aromatic N) is 3. The van der Waals surface area contributed by atoms with E-state index >= 15 is 0 Å². The highest BCUT2D eigenvalue weighted by molar-refractivity contribution is 8.00. The van der Waals surface area contributed by atoms with Gasteiger partial charge in [-0.1, -0.05) is 132 Å². The van der Waals surface area contributed by atoms with Crippen LogP contribution in [0.15, 0.2) is 209 Å². The highest BCUT2D eigenvalue weighted by atomic mass is 32.2. The molecule has 0 aliphatic rings. The normalized spacial score (nSPS) is 11.5. The molecule has 5 nitrogen and oxygen atoms in total. The zero-order valence-electron chi connectivity index (χ0n) is 30.6. The van der Waals surface area contributed by atoms with Crippen LogP contribution >= 0.6 is 47.0 Å². The Labute approximate surface area is 340 Å². The highest BCUT2D eigenvalue weighted by Gasteiger charge is 2.23. The first-order valence-corrected chi connectivity index (χ1v) is 21.3. The minimum Gasteiger partial charge on any atom is -0.337 e. The van der Waals surface area contributed by atoms with Crippen LogP contribution in [-0.4, -0.2) is 38.5 Å². The summed E-state index contributed by atoms with van der Waals surface area (Å²) in [6.45, 7) is 1.54. The predicted octanol–water partition coefficient (Wildman–Crippen LogP) is 12.8. The number of H-pyrrole nitrogens is 2. The second-order valence-electron chi connectivity index (χ2n) is 13.7. The Balaban J connectivity index is 1.05. The molecule has 0 unspecified atom stereocenters. The van der Waals surface area contributed by atoms with E-state index in [1.165, 1.54) is 39.2 Å². The van der Waals surface area contributed by atoms with Gasteiger partial charge < -0.3 is 14.5 Å². The molecule has 9 heteroatoms. The molecule has 0 aliphatic carbocycles. The van der Waals surface area contributed by atoms with Gasteiger partial charge in [0.2, 0.25) is 0 Å². The maximum absolute atomic E-state index is 5.00. The topological polar surface area (TPSA) is 57.4 Å². The standard InChI is InChI=1S/C46H40N5S4/c1-51(2,31-33-29-47-45(49-33)43-39(52-35-17-7-3-8-18-35)25-15-26-40(43)53-36-19-9-4-10-20-36)32-34-30-48-46(50-34)44-41(54-37-21-11-5-12-22-37)27-16-28-42(44)55-38-23-13-6-14-24-38/h3-30H,31-32H2,1-2H3,(H,47,49)(H,48,50)/q+1. The van der Waals surface area contributed by atoms with Crippen LogP contribution in [0.2, 0.25) is 0 Å². The van der Waals surface area contributed by atoms with Gasteiger partial charge in [0, 0.05) is 50.3 Å². The third-order valence-corrected chi connectivity index (χ3v) is 13.1. The first-order chi connectivity index (χ1) is 27.0. The maximum atomic E-state index is 5.00. The van der Waals surface area contributed by atoms with Gasteiger partial charge in [0.1, 0.15) is 24.7 Å². The van der Waals surface area contributed by atoms with Crippen LogP contribution in [0.25, 0.3) is 22.8 Å². The Kier molecular flexibility index (Phi) is 11.6. The van der Waals surface area contributed by atoms with Gasteiger partial charge in [-0.3, -0.25) is 0 Å². The quantitative estimate of drug-likeness (QED) is 0.107. The summed E-state index contributed by atoms with van der Waals surface area (Å²) in [5.74, 6) is 1.76. The van der Waals surface area contributed by atoms with Crippen molar-refractivity contribution in [3.05, 3.63) is 182 Å². The molecule has 0 saturated heterocycles. The summed E-state index contributed by atoms with van der Waals surface area (Å²) in [4.78, 5) is 26.9. The Morgan fingerprint density at radius 3 is 0.982 bits per heavy atom. The van der Waals surface area contributed by atoms with Crippen molar-refractivity contribution in [1.29, 1.82) is 0 Å². The summed E-state index contributed by atoms with van der Waals surface area (Å²) in [5, 5.41) is 0. The van der Waals surface area contributed by atoms with Crippen LogP contribution in [0.3, 0.4) is 0 Å². The predicted molar refractivity (Wildman–Crippen MR) is 230 cm³/mol.